The minimum atomic E-state index is -0.0680. The Morgan fingerprint density at radius 3 is 2.48 bits per heavy atom. The minimum absolute atomic E-state index is 0.0680. The Hall–Kier alpha value is -2.39. The van der Waals surface area contributed by atoms with Gasteiger partial charge in [0.05, 0.1) is 12.7 Å². The fourth-order valence-corrected chi connectivity index (χ4v) is 2.77. The molecule has 0 heterocycles. The molecule has 3 aromatic carbocycles. The van der Waals surface area contributed by atoms with Crippen LogP contribution < -0.4 is 4.74 Å². The van der Waals surface area contributed by atoms with Crippen molar-refractivity contribution in [1.82, 2.24) is 0 Å². The predicted molar refractivity (Wildman–Crippen MR) is 98.0 cm³/mol. The average Bonchev–Trinajstić information content (AvgIpc) is 2.60. The normalized spacial score (nSPS) is 11.0. The highest BCUT2D eigenvalue weighted by molar-refractivity contribution is 9.10. The number of halogens is 1. The monoisotopic (exact) mass is 366 g/mol. The van der Waals surface area contributed by atoms with Gasteiger partial charge in [0.25, 0.3) is 0 Å². The van der Waals surface area contributed by atoms with E-state index in [0.717, 1.165) is 20.8 Å². The van der Waals surface area contributed by atoms with Gasteiger partial charge in [0, 0.05) is 4.47 Å². The summed E-state index contributed by atoms with van der Waals surface area (Å²) >= 11 is 3.40. The summed E-state index contributed by atoms with van der Waals surface area (Å²) in [5, 5.41) is 1.92. The van der Waals surface area contributed by atoms with Crippen LogP contribution in [0.1, 0.15) is 15.9 Å². The molecular formula is C20H15BrO2. The van der Waals surface area contributed by atoms with E-state index in [1.54, 1.807) is 13.2 Å². The first-order chi connectivity index (χ1) is 11.2. The van der Waals surface area contributed by atoms with Crippen molar-refractivity contribution in [1.29, 1.82) is 0 Å². The number of hydrogen-bond donors (Lipinski definition) is 0. The van der Waals surface area contributed by atoms with Crippen LogP contribution in [-0.4, -0.2) is 12.9 Å². The van der Waals surface area contributed by atoms with Crippen LogP contribution in [0.5, 0.6) is 5.75 Å². The van der Waals surface area contributed by atoms with Gasteiger partial charge in [0.1, 0.15) is 5.75 Å². The van der Waals surface area contributed by atoms with Crippen molar-refractivity contribution in [2.75, 3.05) is 7.11 Å². The Kier molecular flexibility index (Phi) is 4.58. The van der Waals surface area contributed by atoms with Crippen LogP contribution in [0.2, 0.25) is 0 Å². The molecule has 2 nitrogen and oxygen atoms in total. The summed E-state index contributed by atoms with van der Waals surface area (Å²) in [6.07, 6.45) is 3.41. The zero-order valence-electron chi connectivity index (χ0n) is 12.6. The van der Waals surface area contributed by atoms with E-state index in [1.807, 2.05) is 66.7 Å². The number of carbonyl (C=O) groups is 1. The lowest BCUT2D eigenvalue weighted by atomic mass is 9.99. The number of allylic oxidation sites excluding steroid dienone is 1. The summed E-state index contributed by atoms with van der Waals surface area (Å²) in [6.45, 7) is 0. The molecule has 0 spiro atoms. The second-order valence-corrected chi connectivity index (χ2v) is 6.03. The third-order valence-electron chi connectivity index (χ3n) is 3.65. The van der Waals surface area contributed by atoms with Crippen molar-refractivity contribution in [3.8, 4) is 5.75 Å². The van der Waals surface area contributed by atoms with Gasteiger partial charge in [0.2, 0.25) is 0 Å². The first-order valence-corrected chi connectivity index (χ1v) is 8.02. The Bertz CT molecular complexity index is 880. The van der Waals surface area contributed by atoms with Gasteiger partial charge < -0.3 is 4.74 Å². The Morgan fingerprint density at radius 1 is 1.00 bits per heavy atom. The van der Waals surface area contributed by atoms with E-state index in [4.69, 9.17) is 4.74 Å². The van der Waals surface area contributed by atoms with E-state index in [-0.39, 0.29) is 5.78 Å². The summed E-state index contributed by atoms with van der Waals surface area (Å²) in [7, 11) is 1.58. The molecule has 0 saturated heterocycles. The number of benzene rings is 3. The number of rotatable bonds is 4. The summed E-state index contributed by atoms with van der Waals surface area (Å²) in [5.74, 6) is 0.524. The van der Waals surface area contributed by atoms with Crippen LogP contribution >= 0.6 is 15.9 Å². The summed E-state index contributed by atoms with van der Waals surface area (Å²) in [6, 6.07) is 19.4. The molecule has 0 unspecified atom stereocenters. The molecule has 0 aliphatic rings. The molecule has 0 N–H and O–H groups in total. The maximum atomic E-state index is 12.7. The largest absolute Gasteiger partial charge is 0.496 e. The fourth-order valence-electron chi connectivity index (χ4n) is 2.50. The first-order valence-electron chi connectivity index (χ1n) is 7.23. The average molecular weight is 367 g/mol. The quantitative estimate of drug-likeness (QED) is 0.449. The van der Waals surface area contributed by atoms with Crippen LogP contribution in [-0.2, 0) is 0 Å². The lowest BCUT2D eigenvalue weighted by molar-refractivity contribution is 0.104. The zero-order valence-corrected chi connectivity index (χ0v) is 14.2. The number of methoxy groups -OCH3 is 1. The van der Waals surface area contributed by atoms with Crippen LogP contribution in [0.25, 0.3) is 16.8 Å². The molecule has 0 aliphatic heterocycles. The van der Waals surface area contributed by atoms with Gasteiger partial charge >= 0.3 is 0 Å². The highest BCUT2D eigenvalue weighted by Crippen LogP contribution is 2.28. The summed E-state index contributed by atoms with van der Waals surface area (Å²) in [4.78, 5) is 12.7. The molecule has 0 amide bonds. The lowest BCUT2D eigenvalue weighted by Crippen LogP contribution is -2.00. The second-order valence-electron chi connectivity index (χ2n) is 5.11. The maximum absolute atomic E-state index is 12.7. The predicted octanol–water partition coefficient (Wildman–Crippen LogP) is 5.51. The fraction of sp³-hybridized carbons (Fsp3) is 0.0500. The Labute approximate surface area is 143 Å². The molecule has 3 rings (SSSR count). The zero-order chi connectivity index (χ0) is 16.2. The van der Waals surface area contributed by atoms with Crippen molar-refractivity contribution in [2.24, 2.45) is 0 Å². The molecule has 0 radical (unpaired) electrons. The van der Waals surface area contributed by atoms with Gasteiger partial charge in [-0.05, 0) is 40.6 Å². The smallest absolute Gasteiger partial charge is 0.190 e. The van der Waals surface area contributed by atoms with Crippen molar-refractivity contribution < 1.29 is 9.53 Å². The number of ketones is 1. The van der Waals surface area contributed by atoms with Crippen LogP contribution in [0.4, 0.5) is 0 Å². The van der Waals surface area contributed by atoms with E-state index in [2.05, 4.69) is 15.9 Å². The van der Waals surface area contributed by atoms with E-state index < -0.39 is 0 Å². The number of hydrogen-bond acceptors (Lipinski definition) is 2. The summed E-state index contributed by atoms with van der Waals surface area (Å²) in [5.41, 5.74) is 1.57. The molecule has 114 valence electrons. The van der Waals surface area contributed by atoms with Gasteiger partial charge in [-0.2, -0.15) is 0 Å². The van der Waals surface area contributed by atoms with Crippen molar-refractivity contribution in [2.45, 2.75) is 0 Å². The second kappa shape index (κ2) is 6.80. The van der Waals surface area contributed by atoms with E-state index >= 15 is 0 Å². The third-order valence-corrected chi connectivity index (χ3v) is 4.18. The molecule has 23 heavy (non-hydrogen) atoms. The third kappa shape index (κ3) is 3.35. The molecule has 0 aromatic heterocycles. The van der Waals surface area contributed by atoms with Gasteiger partial charge in [0.15, 0.2) is 5.78 Å². The molecule has 3 aromatic rings. The Balaban J connectivity index is 2.01. The van der Waals surface area contributed by atoms with Gasteiger partial charge in [-0.1, -0.05) is 64.5 Å². The van der Waals surface area contributed by atoms with Crippen LogP contribution in [0.15, 0.2) is 71.2 Å². The molecule has 3 heteroatoms. The molecule has 0 saturated carbocycles. The standard InChI is InChI=1S/C20H15BrO2/c1-23-19-13-9-15-4-2-3-5-17(15)20(19)18(22)12-8-14-6-10-16(21)11-7-14/h2-13H,1H3. The maximum Gasteiger partial charge on any atom is 0.190 e. The topological polar surface area (TPSA) is 26.3 Å². The number of carbonyl (C=O) groups excluding carboxylic acids is 1. The highest BCUT2D eigenvalue weighted by atomic mass is 79.9. The van der Waals surface area contributed by atoms with E-state index in [0.29, 0.717) is 11.3 Å². The SMILES string of the molecule is COc1ccc2ccccc2c1C(=O)C=Cc1ccc(Br)cc1. The van der Waals surface area contributed by atoms with Gasteiger partial charge in [-0.15, -0.1) is 0 Å². The molecule has 0 fully saturated rings. The van der Waals surface area contributed by atoms with Crippen molar-refractivity contribution in [3.05, 3.63) is 82.3 Å². The van der Waals surface area contributed by atoms with Crippen LogP contribution in [0.3, 0.4) is 0 Å². The summed E-state index contributed by atoms with van der Waals surface area (Å²) < 4.78 is 6.39. The highest BCUT2D eigenvalue weighted by Gasteiger charge is 2.13. The molecule has 0 bridgehead atoms. The van der Waals surface area contributed by atoms with Crippen LogP contribution in [0, 0.1) is 0 Å². The lowest BCUT2D eigenvalue weighted by Gasteiger charge is -2.09. The Morgan fingerprint density at radius 2 is 1.74 bits per heavy atom. The van der Waals surface area contributed by atoms with E-state index in [9.17, 15) is 4.79 Å². The molecular weight excluding hydrogens is 352 g/mol. The molecule has 0 atom stereocenters. The molecule has 0 aliphatic carbocycles. The van der Waals surface area contributed by atoms with E-state index in [1.165, 1.54) is 0 Å². The minimum Gasteiger partial charge on any atom is -0.496 e. The number of fused-ring (bicyclic) bond motifs is 1. The first kappa shape index (κ1) is 15.5. The van der Waals surface area contributed by atoms with Crippen molar-refractivity contribution >= 4 is 38.6 Å². The van der Waals surface area contributed by atoms with Crippen molar-refractivity contribution in [3.63, 3.8) is 0 Å². The van der Waals surface area contributed by atoms with Gasteiger partial charge in [-0.3, -0.25) is 4.79 Å². The van der Waals surface area contributed by atoms with Gasteiger partial charge in [-0.25, -0.2) is 0 Å². The number of ether oxygens (including phenoxy) is 1.